The van der Waals surface area contributed by atoms with Crippen molar-refractivity contribution in [3.63, 3.8) is 0 Å². The molecule has 1 saturated carbocycles. The van der Waals surface area contributed by atoms with Crippen LogP contribution in [0.5, 0.6) is 0 Å². The van der Waals surface area contributed by atoms with Crippen LogP contribution in [-0.4, -0.2) is 37.1 Å². The maximum atomic E-state index is 3.58. The standard InChI is InChI=1S/C16H32N2/c1-13(2)14-9-11-18(12-10-14)16-8-6-4-5-7-15(16)17-3/h13-17H,4-12H2,1-3H3. The summed E-state index contributed by atoms with van der Waals surface area (Å²) in [6.45, 7) is 7.46. The van der Waals surface area contributed by atoms with E-state index in [-0.39, 0.29) is 0 Å². The van der Waals surface area contributed by atoms with Crippen LogP contribution < -0.4 is 5.32 Å². The zero-order valence-corrected chi connectivity index (χ0v) is 12.6. The molecule has 2 rings (SSSR count). The Labute approximate surface area is 114 Å². The van der Waals surface area contributed by atoms with Crippen molar-refractivity contribution in [1.82, 2.24) is 10.2 Å². The summed E-state index contributed by atoms with van der Waals surface area (Å²) >= 11 is 0. The average Bonchev–Trinajstić information content (AvgIpc) is 2.63. The molecule has 2 heteroatoms. The largest absolute Gasteiger partial charge is 0.315 e. The van der Waals surface area contributed by atoms with Gasteiger partial charge in [0.05, 0.1) is 0 Å². The van der Waals surface area contributed by atoms with E-state index in [1.807, 2.05) is 0 Å². The van der Waals surface area contributed by atoms with Crippen molar-refractivity contribution in [3.8, 4) is 0 Å². The van der Waals surface area contributed by atoms with Gasteiger partial charge in [0, 0.05) is 12.1 Å². The minimum Gasteiger partial charge on any atom is -0.315 e. The van der Waals surface area contributed by atoms with Crippen molar-refractivity contribution < 1.29 is 0 Å². The molecule has 0 aromatic rings. The Morgan fingerprint density at radius 2 is 1.61 bits per heavy atom. The summed E-state index contributed by atoms with van der Waals surface area (Å²) in [5.41, 5.74) is 0. The van der Waals surface area contributed by atoms with Gasteiger partial charge in [0.2, 0.25) is 0 Å². The van der Waals surface area contributed by atoms with E-state index in [1.54, 1.807) is 0 Å². The molecule has 1 heterocycles. The Hall–Kier alpha value is -0.0800. The van der Waals surface area contributed by atoms with E-state index in [4.69, 9.17) is 0 Å². The van der Waals surface area contributed by atoms with E-state index in [1.165, 1.54) is 58.0 Å². The molecule has 2 nitrogen and oxygen atoms in total. The molecule has 106 valence electrons. The molecule has 1 saturated heterocycles. The second kappa shape index (κ2) is 6.91. The Kier molecular flexibility index (Phi) is 5.50. The lowest BCUT2D eigenvalue weighted by atomic mass is 9.85. The summed E-state index contributed by atoms with van der Waals surface area (Å²) in [4.78, 5) is 2.80. The normalized spacial score (nSPS) is 32.7. The van der Waals surface area contributed by atoms with Gasteiger partial charge in [-0.1, -0.05) is 33.1 Å². The Balaban J connectivity index is 1.90. The molecule has 2 aliphatic rings. The fraction of sp³-hybridized carbons (Fsp3) is 1.00. The third kappa shape index (κ3) is 3.48. The first-order chi connectivity index (χ1) is 8.72. The van der Waals surface area contributed by atoms with Gasteiger partial charge in [-0.3, -0.25) is 4.90 Å². The molecule has 0 amide bonds. The highest BCUT2D eigenvalue weighted by Crippen LogP contribution is 2.29. The summed E-state index contributed by atoms with van der Waals surface area (Å²) in [5.74, 6) is 1.85. The number of hydrogen-bond donors (Lipinski definition) is 1. The summed E-state index contributed by atoms with van der Waals surface area (Å²) in [6, 6.07) is 1.55. The summed E-state index contributed by atoms with van der Waals surface area (Å²) in [5, 5.41) is 3.58. The van der Waals surface area contributed by atoms with Crippen molar-refractivity contribution in [1.29, 1.82) is 0 Å². The van der Waals surface area contributed by atoms with Gasteiger partial charge in [-0.05, 0) is 57.7 Å². The smallest absolute Gasteiger partial charge is 0.0249 e. The second-order valence-electron chi connectivity index (χ2n) is 6.72. The maximum absolute atomic E-state index is 3.58. The molecule has 1 N–H and O–H groups in total. The van der Waals surface area contributed by atoms with E-state index >= 15 is 0 Å². The molecule has 1 aliphatic carbocycles. The zero-order valence-electron chi connectivity index (χ0n) is 12.6. The third-order valence-electron chi connectivity index (χ3n) is 5.34. The van der Waals surface area contributed by atoms with Crippen molar-refractivity contribution in [2.75, 3.05) is 20.1 Å². The van der Waals surface area contributed by atoms with E-state index < -0.39 is 0 Å². The third-order valence-corrected chi connectivity index (χ3v) is 5.34. The Morgan fingerprint density at radius 1 is 0.944 bits per heavy atom. The SMILES string of the molecule is CNC1CCCCCC1N1CCC(C(C)C)CC1. The van der Waals surface area contributed by atoms with Crippen LogP contribution in [0.25, 0.3) is 0 Å². The van der Waals surface area contributed by atoms with Gasteiger partial charge in [0.1, 0.15) is 0 Å². The first-order valence-corrected chi connectivity index (χ1v) is 8.13. The summed E-state index contributed by atoms with van der Waals surface area (Å²) < 4.78 is 0. The Morgan fingerprint density at radius 3 is 2.22 bits per heavy atom. The zero-order chi connectivity index (χ0) is 13.0. The fourth-order valence-corrected chi connectivity index (χ4v) is 3.98. The Bertz CT molecular complexity index is 231. The maximum Gasteiger partial charge on any atom is 0.0249 e. The number of likely N-dealkylation sites (tertiary alicyclic amines) is 1. The number of hydrogen-bond acceptors (Lipinski definition) is 2. The van der Waals surface area contributed by atoms with Gasteiger partial charge >= 0.3 is 0 Å². The lowest BCUT2D eigenvalue weighted by Gasteiger charge is -2.41. The highest BCUT2D eigenvalue weighted by Gasteiger charge is 2.31. The van der Waals surface area contributed by atoms with Crippen LogP contribution in [0.3, 0.4) is 0 Å². The predicted octanol–water partition coefficient (Wildman–Crippen LogP) is 3.28. The molecule has 0 aromatic heterocycles. The van der Waals surface area contributed by atoms with Crippen LogP contribution in [0.4, 0.5) is 0 Å². The lowest BCUT2D eigenvalue weighted by molar-refractivity contribution is 0.0901. The average molecular weight is 252 g/mol. The molecule has 2 unspecified atom stereocenters. The van der Waals surface area contributed by atoms with Crippen LogP contribution in [0.2, 0.25) is 0 Å². The number of piperidine rings is 1. The molecule has 2 fully saturated rings. The van der Waals surface area contributed by atoms with Crippen LogP contribution in [0.1, 0.15) is 58.8 Å². The van der Waals surface area contributed by atoms with Crippen molar-refractivity contribution in [3.05, 3.63) is 0 Å². The lowest BCUT2D eigenvalue weighted by Crippen LogP contribution is -2.51. The minimum atomic E-state index is 0.739. The predicted molar refractivity (Wildman–Crippen MR) is 78.9 cm³/mol. The highest BCUT2D eigenvalue weighted by atomic mass is 15.2. The molecule has 2 atom stereocenters. The number of likely N-dealkylation sites (N-methyl/N-ethyl adjacent to an activating group) is 1. The fourth-order valence-electron chi connectivity index (χ4n) is 3.98. The molecule has 0 aromatic carbocycles. The summed E-state index contributed by atoms with van der Waals surface area (Å²) in [7, 11) is 2.16. The van der Waals surface area contributed by atoms with Crippen molar-refractivity contribution in [2.24, 2.45) is 11.8 Å². The van der Waals surface area contributed by atoms with E-state index in [2.05, 4.69) is 31.1 Å². The molecule has 18 heavy (non-hydrogen) atoms. The molecule has 0 radical (unpaired) electrons. The van der Waals surface area contributed by atoms with E-state index in [0.29, 0.717) is 0 Å². The number of nitrogens with zero attached hydrogens (tertiary/aromatic N) is 1. The van der Waals surface area contributed by atoms with Gasteiger partial charge in [0.25, 0.3) is 0 Å². The van der Waals surface area contributed by atoms with Gasteiger partial charge in [-0.15, -0.1) is 0 Å². The number of rotatable bonds is 3. The van der Waals surface area contributed by atoms with Gasteiger partial charge < -0.3 is 5.32 Å². The van der Waals surface area contributed by atoms with Crippen molar-refractivity contribution >= 4 is 0 Å². The van der Waals surface area contributed by atoms with Crippen molar-refractivity contribution in [2.45, 2.75) is 70.9 Å². The minimum absolute atomic E-state index is 0.739. The molecular formula is C16H32N2. The molecular weight excluding hydrogens is 220 g/mol. The van der Waals surface area contributed by atoms with Crippen LogP contribution in [0, 0.1) is 11.8 Å². The topological polar surface area (TPSA) is 15.3 Å². The summed E-state index contributed by atoms with van der Waals surface area (Å²) in [6.07, 6.45) is 9.94. The van der Waals surface area contributed by atoms with Crippen LogP contribution in [-0.2, 0) is 0 Å². The van der Waals surface area contributed by atoms with Gasteiger partial charge in [0.15, 0.2) is 0 Å². The van der Waals surface area contributed by atoms with Gasteiger partial charge in [-0.2, -0.15) is 0 Å². The molecule has 0 bridgehead atoms. The highest BCUT2D eigenvalue weighted by molar-refractivity contribution is 4.88. The molecule has 0 spiro atoms. The molecule has 1 aliphatic heterocycles. The van der Waals surface area contributed by atoms with Gasteiger partial charge in [-0.25, -0.2) is 0 Å². The monoisotopic (exact) mass is 252 g/mol. The van der Waals surface area contributed by atoms with Crippen LogP contribution >= 0.6 is 0 Å². The van der Waals surface area contributed by atoms with Crippen LogP contribution in [0.15, 0.2) is 0 Å². The first-order valence-electron chi connectivity index (χ1n) is 8.13. The van der Waals surface area contributed by atoms with E-state index in [0.717, 1.165) is 23.9 Å². The first kappa shape index (κ1) is 14.3. The van der Waals surface area contributed by atoms with E-state index in [9.17, 15) is 0 Å². The number of nitrogens with one attached hydrogen (secondary N) is 1. The second-order valence-corrected chi connectivity index (χ2v) is 6.72. The quantitative estimate of drug-likeness (QED) is 0.776.